The fourth-order valence-corrected chi connectivity index (χ4v) is 14.0. The Balaban J connectivity index is 0.684. The van der Waals surface area contributed by atoms with Gasteiger partial charge >= 0.3 is 6.01 Å². The number of likely N-dealkylation sites (tertiary alicyclic amines) is 2. The van der Waals surface area contributed by atoms with Gasteiger partial charge in [0.15, 0.2) is 17.4 Å². The number of anilines is 2. The lowest BCUT2D eigenvalue weighted by atomic mass is 9.72. The highest BCUT2D eigenvalue weighted by Crippen LogP contribution is 2.44. The summed E-state index contributed by atoms with van der Waals surface area (Å²) in [6, 6.07) is 18.7. The number of fused-ring (bicyclic) bond motifs is 4. The number of hydrogen-bond donors (Lipinski definition) is 4. The molecule has 1 spiro atoms. The summed E-state index contributed by atoms with van der Waals surface area (Å²) in [5.74, 6) is -0.219. The number of pyridine rings is 1. The van der Waals surface area contributed by atoms with E-state index in [4.69, 9.17) is 24.2 Å². The van der Waals surface area contributed by atoms with Gasteiger partial charge in [0.05, 0.1) is 33.6 Å². The Morgan fingerprint density at radius 2 is 1.73 bits per heavy atom. The van der Waals surface area contributed by atoms with Crippen molar-refractivity contribution >= 4 is 56.5 Å². The first kappa shape index (κ1) is 52.9. The average molecular weight is 1090 g/mol. The Hall–Kier alpha value is -6.80. The first-order valence-electron chi connectivity index (χ1n) is 28.1. The third-order valence-electron chi connectivity index (χ3n) is 17.4. The van der Waals surface area contributed by atoms with E-state index >= 15 is 4.39 Å². The lowest BCUT2D eigenvalue weighted by Gasteiger charge is -2.54. The van der Waals surface area contributed by atoms with Gasteiger partial charge in [0.1, 0.15) is 40.8 Å². The van der Waals surface area contributed by atoms with Crippen LogP contribution in [0.2, 0.25) is 0 Å². The van der Waals surface area contributed by atoms with E-state index < -0.39 is 23.9 Å². The highest BCUT2D eigenvalue weighted by molar-refractivity contribution is 7.13. The van der Waals surface area contributed by atoms with Gasteiger partial charge in [-0.25, -0.2) is 9.37 Å². The van der Waals surface area contributed by atoms with Crippen molar-refractivity contribution in [2.75, 3.05) is 62.2 Å². The van der Waals surface area contributed by atoms with Gasteiger partial charge in [-0.1, -0.05) is 68.4 Å². The highest BCUT2D eigenvalue weighted by atomic mass is 32.1. The number of β-amino-alcohol motifs (C(OH)–C–C–N with tert-alkyl or cyclic N) is 1. The number of aliphatic hydroxyl groups excluding tert-OH is 1. The zero-order valence-electron chi connectivity index (χ0n) is 45.8. The summed E-state index contributed by atoms with van der Waals surface area (Å²) < 4.78 is 29.8. The van der Waals surface area contributed by atoms with Crippen LogP contribution in [-0.4, -0.2) is 140 Å². The number of piperidine rings is 1. The molecule has 5 aliphatic rings. The number of amides is 2. The lowest BCUT2D eigenvalue weighted by Crippen LogP contribution is -2.61. The highest BCUT2D eigenvalue weighted by Gasteiger charge is 2.48. The monoisotopic (exact) mass is 1090 g/mol. The van der Waals surface area contributed by atoms with E-state index in [9.17, 15) is 19.8 Å². The van der Waals surface area contributed by atoms with Crippen molar-refractivity contribution in [2.45, 2.75) is 122 Å². The van der Waals surface area contributed by atoms with Crippen molar-refractivity contribution in [2.24, 2.45) is 11.3 Å². The van der Waals surface area contributed by atoms with Crippen molar-refractivity contribution in [1.29, 1.82) is 0 Å². The number of carbonyl (C=O) groups is 2. The van der Waals surface area contributed by atoms with Gasteiger partial charge in [0.2, 0.25) is 11.8 Å². The first-order valence-corrected chi connectivity index (χ1v) is 29.0. The van der Waals surface area contributed by atoms with Gasteiger partial charge in [0, 0.05) is 81.0 Å². The minimum Gasteiger partial charge on any atom is -0.508 e. The van der Waals surface area contributed by atoms with Gasteiger partial charge in [-0.05, 0) is 111 Å². The van der Waals surface area contributed by atoms with E-state index in [1.54, 1.807) is 29.7 Å². The molecule has 0 saturated carbocycles. The zero-order valence-corrected chi connectivity index (χ0v) is 46.6. The number of rotatable bonds is 15. The summed E-state index contributed by atoms with van der Waals surface area (Å²) in [4.78, 5) is 56.7. The SMILES string of the molecule is CCc1cccc2cc(O)cc(-c3ncc4c(N5CC6CCC(C5)N6)nc(O[C@H](C)CN5CCC6(CC5)CN(c5cc([C@H](C(=O)N7C[C@H](O)C[C@H]7C(=O)N[C@@H](C)c7ccc(-c8scnc8C)cc7)C(C)C)on5)C6)nc4c3F)c12. The van der Waals surface area contributed by atoms with Gasteiger partial charge in [0.25, 0.3) is 0 Å². The Labute approximate surface area is 463 Å². The summed E-state index contributed by atoms with van der Waals surface area (Å²) in [5.41, 5.74) is 6.73. The van der Waals surface area contributed by atoms with Crippen LogP contribution in [0.1, 0.15) is 101 Å². The van der Waals surface area contributed by atoms with Crippen LogP contribution in [0.5, 0.6) is 11.8 Å². The minimum absolute atomic E-state index is 0.0358. The third kappa shape index (κ3) is 10.3. The molecule has 7 aromatic rings. The number of ether oxygens (including phenoxy) is 1. The van der Waals surface area contributed by atoms with Crippen molar-refractivity contribution < 1.29 is 33.5 Å². The fraction of sp³-hybridized carbons (Fsp3) is 0.483. The van der Waals surface area contributed by atoms with E-state index in [0.29, 0.717) is 47.0 Å². The second-order valence-corrected chi connectivity index (χ2v) is 24.2. The van der Waals surface area contributed by atoms with E-state index in [-0.39, 0.29) is 71.2 Å². The molecule has 2 unspecified atom stereocenters. The number of aromatic nitrogens is 5. The predicted octanol–water partition coefficient (Wildman–Crippen LogP) is 8.56. The molecule has 9 heterocycles. The molecule has 5 saturated heterocycles. The van der Waals surface area contributed by atoms with Crippen LogP contribution in [0.15, 0.2) is 76.9 Å². The maximum Gasteiger partial charge on any atom is 0.319 e. The number of phenolic OH excluding ortho intramolecular Hbond substituents is 1. The maximum atomic E-state index is 17.2. The number of aliphatic hydroxyl groups is 1. The van der Waals surface area contributed by atoms with E-state index in [2.05, 4.69) is 42.4 Å². The average Bonchev–Trinajstić information content (AvgIpc) is 4.40. The molecule has 4 N–H and O–H groups in total. The third-order valence-corrected chi connectivity index (χ3v) is 18.3. The lowest BCUT2D eigenvalue weighted by molar-refractivity contribution is -0.141. The van der Waals surface area contributed by atoms with Crippen LogP contribution in [0.3, 0.4) is 0 Å². The number of nitrogens with one attached hydrogen (secondary N) is 2. The molecule has 7 atom stereocenters. The Morgan fingerprint density at radius 3 is 2.44 bits per heavy atom. The molecule has 12 rings (SSSR count). The molecule has 79 heavy (non-hydrogen) atoms. The van der Waals surface area contributed by atoms with E-state index in [1.165, 1.54) is 4.90 Å². The molecular formula is C60H70FN11O6S. The Kier molecular flexibility index (Phi) is 14.3. The van der Waals surface area contributed by atoms with Crippen LogP contribution in [0.4, 0.5) is 16.0 Å². The number of aromatic hydroxyl groups is 1. The quantitative estimate of drug-likeness (QED) is 0.0761. The standard InChI is InChI=1S/C60H70FN11O6S/c1-7-37-9-8-10-40-21-43(73)22-45(51(37)40)53-52(61)54-46(25-62-53)56(70-27-41-15-16-42(28-70)65-41)67-59(66-54)77-34(4)26-69-19-17-60(18-20-69)30-71(31-60)49-24-48(78-68-49)50(33(2)3)58(76)72-29-44(74)23-47(72)57(75)64-35(5)38-11-13-39(14-12-38)55-36(6)63-32-79-55/h8-14,21-22,24-25,32-35,41-42,44,47,50,65,73-74H,7,15-20,23,26-31H2,1-6H3,(H,64,75)/t34-,35+,41?,42?,44-,47+,50-/m1/s1. The molecule has 0 radical (unpaired) electrons. The first-order chi connectivity index (χ1) is 38.1. The van der Waals surface area contributed by atoms with Crippen LogP contribution in [-0.2, 0) is 16.0 Å². The summed E-state index contributed by atoms with van der Waals surface area (Å²) in [7, 11) is 0. The number of nitrogens with zero attached hydrogens (tertiary/aromatic N) is 9. The van der Waals surface area contributed by atoms with Gasteiger partial charge < -0.3 is 44.8 Å². The topological polar surface area (TPSA) is 198 Å². The summed E-state index contributed by atoms with van der Waals surface area (Å²) in [6.07, 6.45) is 5.55. The molecule has 2 amide bonds. The Morgan fingerprint density at radius 1 is 0.975 bits per heavy atom. The van der Waals surface area contributed by atoms with Gasteiger partial charge in [-0.15, -0.1) is 11.3 Å². The molecule has 19 heteroatoms. The number of halogens is 1. The number of hydrogen-bond acceptors (Lipinski definition) is 16. The number of benzene rings is 3. The minimum atomic E-state index is -0.828. The molecule has 4 aromatic heterocycles. The molecule has 5 fully saturated rings. The normalized spacial score (nSPS) is 22.2. The van der Waals surface area contributed by atoms with Crippen LogP contribution >= 0.6 is 11.3 Å². The van der Waals surface area contributed by atoms with Crippen LogP contribution < -0.4 is 25.2 Å². The number of phenols is 1. The van der Waals surface area contributed by atoms with Gasteiger partial charge in [-0.2, -0.15) is 9.97 Å². The second-order valence-electron chi connectivity index (χ2n) is 23.3. The fourth-order valence-electron chi connectivity index (χ4n) is 13.2. The van der Waals surface area contributed by atoms with Crippen molar-refractivity contribution in [3.05, 3.63) is 101 Å². The van der Waals surface area contributed by atoms with Crippen molar-refractivity contribution in [3.63, 3.8) is 0 Å². The molecular weight excluding hydrogens is 1020 g/mol. The maximum absolute atomic E-state index is 17.2. The molecule has 414 valence electrons. The molecule has 2 bridgehead atoms. The van der Waals surface area contributed by atoms with E-state index in [0.717, 1.165) is 109 Å². The van der Waals surface area contributed by atoms with Gasteiger partial charge in [-0.3, -0.25) is 19.5 Å². The van der Waals surface area contributed by atoms with Crippen molar-refractivity contribution in [1.82, 2.24) is 45.5 Å². The molecule has 17 nitrogen and oxygen atoms in total. The summed E-state index contributed by atoms with van der Waals surface area (Å²) >= 11 is 1.59. The largest absolute Gasteiger partial charge is 0.508 e. The summed E-state index contributed by atoms with van der Waals surface area (Å²) in [6.45, 7) is 17.5. The summed E-state index contributed by atoms with van der Waals surface area (Å²) in [5, 5.41) is 35.1. The molecule has 0 aliphatic carbocycles. The Bertz CT molecular complexity index is 3400. The number of thiazole rings is 1. The van der Waals surface area contributed by atoms with Crippen LogP contribution in [0, 0.1) is 24.1 Å². The van der Waals surface area contributed by atoms with Crippen molar-refractivity contribution in [3.8, 4) is 33.5 Å². The predicted molar refractivity (Wildman–Crippen MR) is 303 cm³/mol. The molecule has 3 aromatic carbocycles. The number of aryl methyl sites for hydroxylation is 2. The number of piperazine rings is 1. The smallest absolute Gasteiger partial charge is 0.319 e. The zero-order chi connectivity index (χ0) is 54.9. The number of carbonyl (C=O) groups excluding carboxylic acids is 2. The second kappa shape index (κ2) is 21.3. The molecule has 5 aliphatic heterocycles. The van der Waals surface area contributed by atoms with Crippen LogP contribution in [0.25, 0.3) is 43.4 Å². The van der Waals surface area contributed by atoms with E-state index in [1.807, 2.05) is 88.7 Å².